The van der Waals surface area contributed by atoms with Gasteiger partial charge in [-0.1, -0.05) is 25.7 Å². The predicted molar refractivity (Wildman–Crippen MR) is 104 cm³/mol. The quantitative estimate of drug-likeness (QED) is 0.373. The van der Waals surface area contributed by atoms with Gasteiger partial charge < -0.3 is 21.3 Å². The average Bonchev–Trinajstić information content (AvgIpc) is 3.34. The number of Topliss-reactive ketones (excluding diaryl/α,β-unsaturated/α-hetero) is 1. The molecule has 27 heavy (non-hydrogen) atoms. The van der Waals surface area contributed by atoms with Gasteiger partial charge in [-0.05, 0) is 37.5 Å². The van der Waals surface area contributed by atoms with Crippen LogP contribution >= 0.6 is 11.8 Å². The van der Waals surface area contributed by atoms with Crippen molar-refractivity contribution in [2.45, 2.75) is 74.6 Å². The van der Waals surface area contributed by atoms with E-state index in [4.69, 9.17) is 21.3 Å². The molecule has 0 amide bonds. The molecule has 0 aromatic rings. The number of methoxy groups -OCH3 is 1. The summed E-state index contributed by atoms with van der Waals surface area (Å²) in [6, 6.07) is -1.33. The first-order valence-electron chi connectivity index (χ1n) is 9.80. The molecule has 0 unspecified atom stereocenters. The minimum Gasteiger partial charge on any atom is -0.481 e. The molecule has 2 aliphatic carbocycles. The monoisotopic (exact) mass is 400 g/mol. The first kappa shape index (κ1) is 22.2. The standard InChI is InChI=1S/C19H32N2O5S/c1-26-18(25)19(21,17(24)14(20)10-15(22)23)11-27-16(12-6-2-3-7-12)13-8-4-5-9-13/h12-14,16H,2-11,20-21H2,1H3,(H,22,23)/t14-,19+/m0/s1. The zero-order valence-corrected chi connectivity index (χ0v) is 16.8. The number of carbonyl (C=O) groups is 3. The molecule has 2 aliphatic rings. The molecule has 0 aliphatic heterocycles. The van der Waals surface area contributed by atoms with Crippen LogP contribution in [0.1, 0.15) is 57.8 Å². The molecule has 2 fully saturated rings. The van der Waals surface area contributed by atoms with E-state index in [2.05, 4.69) is 0 Å². The molecule has 8 heteroatoms. The largest absolute Gasteiger partial charge is 0.481 e. The van der Waals surface area contributed by atoms with Crippen LogP contribution in [0, 0.1) is 11.8 Å². The molecule has 0 aromatic carbocycles. The normalized spacial score (nSPS) is 21.9. The van der Waals surface area contributed by atoms with E-state index in [0.717, 1.165) is 0 Å². The van der Waals surface area contributed by atoms with Crippen molar-refractivity contribution in [3.8, 4) is 0 Å². The second-order valence-electron chi connectivity index (χ2n) is 7.90. The van der Waals surface area contributed by atoms with Crippen LogP contribution in [0.2, 0.25) is 0 Å². The van der Waals surface area contributed by atoms with Crippen LogP contribution in [0.3, 0.4) is 0 Å². The molecule has 0 bridgehead atoms. The Morgan fingerprint density at radius 3 is 2.00 bits per heavy atom. The van der Waals surface area contributed by atoms with Gasteiger partial charge in [0.1, 0.15) is 0 Å². The Kier molecular flexibility index (Phi) is 8.12. The number of nitrogens with two attached hydrogens (primary N) is 2. The summed E-state index contributed by atoms with van der Waals surface area (Å²) in [5.41, 5.74) is 10.0. The number of carboxylic acids is 1. The van der Waals surface area contributed by atoms with E-state index in [0.29, 0.717) is 17.1 Å². The van der Waals surface area contributed by atoms with Crippen molar-refractivity contribution in [2.24, 2.45) is 23.3 Å². The number of esters is 1. The third kappa shape index (κ3) is 5.45. The highest BCUT2D eigenvalue weighted by molar-refractivity contribution is 8.00. The SMILES string of the molecule is COC(=O)[C@@](N)(CSC(C1CCCC1)C1CCCC1)C(=O)[C@@H](N)CC(=O)O. The highest BCUT2D eigenvalue weighted by Gasteiger charge is 2.47. The summed E-state index contributed by atoms with van der Waals surface area (Å²) in [7, 11) is 1.18. The molecule has 2 rings (SSSR count). The van der Waals surface area contributed by atoms with Crippen molar-refractivity contribution >= 4 is 29.5 Å². The Morgan fingerprint density at radius 1 is 1.11 bits per heavy atom. The molecule has 154 valence electrons. The van der Waals surface area contributed by atoms with Gasteiger partial charge in [-0.25, -0.2) is 4.79 Å². The summed E-state index contributed by atoms with van der Waals surface area (Å²) < 4.78 is 4.77. The highest BCUT2D eigenvalue weighted by Crippen LogP contribution is 2.44. The summed E-state index contributed by atoms with van der Waals surface area (Å²) in [5, 5.41) is 9.27. The summed E-state index contributed by atoms with van der Waals surface area (Å²) in [5.74, 6) is -1.57. The van der Waals surface area contributed by atoms with Crippen LogP contribution < -0.4 is 11.5 Å². The fourth-order valence-electron chi connectivity index (χ4n) is 4.48. The number of carbonyl (C=O) groups excluding carboxylic acids is 2. The number of ketones is 1. The van der Waals surface area contributed by atoms with Gasteiger partial charge in [0, 0.05) is 11.0 Å². The predicted octanol–water partition coefficient (Wildman–Crippen LogP) is 1.71. The van der Waals surface area contributed by atoms with E-state index < -0.39 is 35.7 Å². The van der Waals surface area contributed by atoms with E-state index in [-0.39, 0.29) is 5.75 Å². The fourth-order valence-corrected chi connectivity index (χ4v) is 6.29. The van der Waals surface area contributed by atoms with Gasteiger partial charge in [-0.15, -0.1) is 0 Å². The van der Waals surface area contributed by atoms with Gasteiger partial charge in [0.15, 0.2) is 11.3 Å². The summed E-state index contributed by atoms with van der Waals surface area (Å²) >= 11 is 1.58. The molecule has 2 saturated carbocycles. The smallest absolute Gasteiger partial charge is 0.334 e. The van der Waals surface area contributed by atoms with Crippen molar-refractivity contribution in [3.05, 3.63) is 0 Å². The van der Waals surface area contributed by atoms with Crippen LogP contribution in [-0.4, -0.2) is 52.5 Å². The molecule has 0 saturated heterocycles. The van der Waals surface area contributed by atoms with Crippen LogP contribution in [-0.2, 0) is 19.1 Å². The molecule has 2 atom stereocenters. The number of hydrogen-bond acceptors (Lipinski definition) is 7. The average molecular weight is 401 g/mol. The van der Waals surface area contributed by atoms with Crippen LogP contribution in [0.25, 0.3) is 0 Å². The van der Waals surface area contributed by atoms with E-state index in [1.54, 1.807) is 11.8 Å². The zero-order chi connectivity index (χ0) is 20.0. The van der Waals surface area contributed by atoms with E-state index in [1.165, 1.54) is 58.5 Å². The van der Waals surface area contributed by atoms with E-state index >= 15 is 0 Å². The first-order chi connectivity index (χ1) is 12.8. The van der Waals surface area contributed by atoms with Gasteiger partial charge >= 0.3 is 11.9 Å². The number of thioether (sulfide) groups is 1. The molecule has 0 radical (unpaired) electrons. The lowest BCUT2D eigenvalue weighted by Crippen LogP contribution is -2.63. The zero-order valence-electron chi connectivity index (χ0n) is 16.0. The molecule has 5 N–H and O–H groups in total. The minimum atomic E-state index is -1.91. The Labute approximate surface area is 164 Å². The van der Waals surface area contributed by atoms with Gasteiger partial charge in [-0.2, -0.15) is 11.8 Å². The Hall–Kier alpha value is -1.12. The molecule has 0 aromatic heterocycles. The third-order valence-corrected chi connectivity index (χ3v) is 7.73. The van der Waals surface area contributed by atoms with Crippen LogP contribution in [0.15, 0.2) is 0 Å². The van der Waals surface area contributed by atoms with Gasteiger partial charge in [0.05, 0.1) is 19.6 Å². The number of aliphatic carboxylic acids is 1. The van der Waals surface area contributed by atoms with E-state index in [9.17, 15) is 14.4 Å². The maximum atomic E-state index is 12.7. The maximum Gasteiger partial charge on any atom is 0.334 e. The summed E-state index contributed by atoms with van der Waals surface area (Å²) in [6.07, 6.45) is 9.04. The number of ether oxygens (including phenoxy) is 1. The third-order valence-electron chi connectivity index (χ3n) is 5.95. The Balaban J connectivity index is 2.13. The van der Waals surface area contributed by atoms with Gasteiger partial charge in [0.25, 0.3) is 0 Å². The van der Waals surface area contributed by atoms with Crippen molar-refractivity contribution in [2.75, 3.05) is 12.9 Å². The van der Waals surface area contributed by atoms with E-state index in [1.807, 2.05) is 0 Å². The lowest BCUT2D eigenvalue weighted by Gasteiger charge is -2.33. The van der Waals surface area contributed by atoms with Gasteiger partial charge in [-0.3, -0.25) is 9.59 Å². The fraction of sp³-hybridized carbons (Fsp3) is 0.842. The molecule has 7 nitrogen and oxygen atoms in total. The topological polar surface area (TPSA) is 133 Å². The summed E-state index contributed by atoms with van der Waals surface area (Å²) in [6.45, 7) is 0. The van der Waals surface area contributed by atoms with Crippen molar-refractivity contribution in [3.63, 3.8) is 0 Å². The maximum absolute atomic E-state index is 12.7. The first-order valence-corrected chi connectivity index (χ1v) is 10.8. The van der Waals surface area contributed by atoms with Crippen molar-refractivity contribution in [1.29, 1.82) is 0 Å². The molecular formula is C19H32N2O5S. The highest BCUT2D eigenvalue weighted by atomic mass is 32.2. The van der Waals surface area contributed by atoms with Crippen LogP contribution in [0.5, 0.6) is 0 Å². The van der Waals surface area contributed by atoms with Crippen LogP contribution in [0.4, 0.5) is 0 Å². The second-order valence-corrected chi connectivity index (χ2v) is 9.06. The molecule has 0 heterocycles. The number of hydrogen-bond donors (Lipinski definition) is 3. The minimum absolute atomic E-state index is 0.0729. The summed E-state index contributed by atoms with van der Waals surface area (Å²) in [4.78, 5) is 36.0. The Morgan fingerprint density at radius 2 is 1.59 bits per heavy atom. The second kappa shape index (κ2) is 9.89. The van der Waals surface area contributed by atoms with Crippen molar-refractivity contribution < 1.29 is 24.2 Å². The molecule has 0 spiro atoms. The van der Waals surface area contributed by atoms with Gasteiger partial charge in [0.2, 0.25) is 0 Å². The van der Waals surface area contributed by atoms with Crippen molar-refractivity contribution in [1.82, 2.24) is 0 Å². The lowest BCUT2D eigenvalue weighted by molar-refractivity contribution is -0.151. The molecular weight excluding hydrogens is 368 g/mol. The lowest BCUT2D eigenvalue weighted by atomic mass is 9.90. The Bertz CT molecular complexity index is 530. The number of carboxylic acid groups (broad SMARTS) is 1. The number of rotatable bonds is 10.